The van der Waals surface area contributed by atoms with Crippen LogP contribution in [0.3, 0.4) is 0 Å². The van der Waals surface area contributed by atoms with Crippen LogP contribution in [0, 0.1) is 12.7 Å². The lowest BCUT2D eigenvalue weighted by Crippen LogP contribution is -2.05. The summed E-state index contributed by atoms with van der Waals surface area (Å²) >= 11 is 5.93. The van der Waals surface area contributed by atoms with Crippen LogP contribution in [0.2, 0.25) is 5.02 Å². The highest BCUT2D eigenvalue weighted by molar-refractivity contribution is 6.31. The number of halogens is 2. The molecule has 0 amide bonds. The lowest BCUT2D eigenvalue weighted by Gasteiger charge is -2.11. The molecule has 0 fully saturated rings. The summed E-state index contributed by atoms with van der Waals surface area (Å²) in [5.41, 5.74) is 7.31. The van der Waals surface area contributed by atoms with Gasteiger partial charge in [-0.1, -0.05) is 17.7 Å². The van der Waals surface area contributed by atoms with Gasteiger partial charge in [-0.05, 0) is 55.3 Å². The molecule has 2 aromatic carbocycles. The Hall–Kier alpha value is -1.58. The van der Waals surface area contributed by atoms with E-state index in [4.69, 9.17) is 22.1 Å². The number of benzene rings is 2. The van der Waals surface area contributed by atoms with Crippen molar-refractivity contribution in [2.45, 2.75) is 19.9 Å². The summed E-state index contributed by atoms with van der Waals surface area (Å²) in [7, 11) is 0. The van der Waals surface area contributed by atoms with E-state index in [1.165, 1.54) is 6.07 Å². The normalized spacial score (nSPS) is 12.3. The first-order valence-electron chi connectivity index (χ1n) is 5.96. The molecule has 2 rings (SSSR count). The Kier molecular flexibility index (Phi) is 4.08. The monoisotopic (exact) mass is 279 g/mol. The molecule has 100 valence electrons. The average molecular weight is 280 g/mol. The molecule has 0 radical (unpaired) electrons. The zero-order valence-electron chi connectivity index (χ0n) is 10.8. The molecule has 0 spiro atoms. The summed E-state index contributed by atoms with van der Waals surface area (Å²) in [5.74, 6) is 0.294. The summed E-state index contributed by atoms with van der Waals surface area (Å²) in [6.07, 6.45) is 0. The SMILES string of the molecule is Cc1cc(Oc2ccc([C@H](C)N)cc2F)ccc1Cl. The minimum absolute atomic E-state index is 0.172. The second kappa shape index (κ2) is 5.59. The van der Waals surface area contributed by atoms with Crippen molar-refractivity contribution < 1.29 is 9.13 Å². The molecule has 0 aliphatic carbocycles. The lowest BCUT2D eigenvalue weighted by molar-refractivity contribution is 0.441. The molecular formula is C15H15ClFNO. The van der Waals surface area contributed by atoms with Gasteiger partial charge in [0.1, 0.15) is 5.75 Å². The van der Waals surface area contributed by atoms with Gasteiger partial charge in [-0.15, -0.1) is 0 Å². The zero-order valence-corrected chi connectivity index (χ0v) is 11.5. The predicted molar refractivity (Wildman–Crippen MR) is 75.3 cm³/mol. The predicted octanol–water partition coefficient (Wildman–Crippen LogP) is 4.60. The van der Waals surface area contributed by atoms with Crippen molar-refractivity contribution in [3.05, 3.63) is 58.4 Å². The van der Waals surface area contributed by atoms with Crippen molar-refractivity contribution in [1.29, 1.82) is 0 Å². The Morgan fingerprint density at radius 1 is 1.21 bits per heavy atom. The second-order valence-electron chi connectivity index (χ2n) is 4.49. The molecule has 1 atom stereocenters. The van der Waals surface area contributed by atoms with Crippen LogP contribution in [-0.2, 0) is 0 Å². The molecule has 0 aliphatic rings. The standard InChI is InChI=1S/C15H15ClFNO/c1-9-7-12(4-5-13(9)16)19-15-6-3-11(10(2)18)8-14(15)17/h3-8,10H,18H2,1-2H3/t10-/m0/s1. The van der Waals surface area contributed by atoms with Gasteiger partial charge in [0.25, 0.3) is 0 Å². The van der Waals surface area contributed by atoms with Gasteiger partial charge in [0.05, 0.1) is 0 Å². The van der Waals surface area contributed by atoms with Gasteiger partial charge in [-0.2, -0.15) is 0 Å². The molecule has 0 aliphatic heterocycles. The van der Waals surface area contributed by atoms with Gasteiger partial charge in [0, 0.05) is 11.1 Å². The van der Waals surface area contributed by atoms with Crippen molar-refractivity contribution in [3.8, 4) is 11.5 Å². The molecular weight excluding hydrogens is 265 g/mol. The van der Waals surface area contributed by atoms with E-state index in [-0.39, 0.29) is 11.8 Å². The molecule has 0 aromatic heterocycles. The van der Waals surface area contributed by atoms with Crippen LogP contribution >= 0.6 is 11.6 Å². The largest absolute Gasteiger partial charge is 0.454 e. The van der Waals surface area contributed by atoms with Crippen molar-refractivity contribution in [2.75, 3.05) is 0 Å². The van der Waals surface area contributed by atoms with E-state index in [1.54, 1.807) is 37.3 Å². The number of ether oxygens (including phenoxy) is 1. The number of rotatable bonds is 3. The third-order valence-electron chi connectivity index (χ3n) is 2.84. The summed E-state index contributed by atoms with van der Waals surface area (Å²) in [6.45, 7) is 3.67. The first kappa shape index (κ1) is 13.8. The van der Waals surface area contributed by atoms with Crippen molar-refractivity contribution in [3.63, 3.8) is 0 Å². The van der Waals surface area contributed by atoms with Crippen LogP contribution in [0.4, 0.5) is 4.39 Å². The van der Waals surface area contributed by atoms with Crippen LogP contribution in [0.25, 0.3) is 0 Å². The Morgan fingerprint density at radius 2 is 1.95 bits per heavy atom. The highest BCUT2D eigenvalue weighted by Crippen LogP contribution is 2.28. The van der Waals surface area contributed by atoms with Gasteiger partial charge in [0.15, 0.2) is 11.6 Å². The third kappa shape index (κ3) is 3.25. The molecule has 0 saturated heterocycles. The number of hydrogen-bond acceptors (Lipinski definition) is 2. The fourth-order valence-electron chi connectivity index (χ4n) is 1.69. The molecule has 0 saturated carbocycles. The van der Waals surface area contributed by atoms with Crippen LogP contribution in [0.15, 0.2) is 36.4 Å². The number of nitrogens with two attached hydrogens (primary N) is 1. The molecule has 19 heavy (non-hydrogen) atoms. The Bertz CT molecular complexity index is 599. The van der Waals surface area contributed by atoms with Crippen LogP contribution in [-0.4, -0.2) is 0 Å². The quantitative estimate of drug-likeness (QED) is 0.891. The van der Waals surface area contributed by atoms with E-state index < -0.39 is 5.82 Å². The molecule has 2 N–H and O–H groups in total. The van der Waals surface area contributed by atoms with Gasteiger partial charge < -0.3 is 10.5 Å². The summed E-state index contributed by atoms with van der Waals surface area (Å²) in [4.78, 5) is 0. The van der Waals surface area contributed by atoms with Crippen molar-refractivity contribution >= 4 is 11.6 Å². The maximum Gasteiger partial charge on any atom is 0.166 e. The van der Waals surface area contributed by atoms with Crippen molar-refractivity contribution in [2.24, 2.45) is 5.73 Å². The van der Waals surface area contributed by atoms with E-state index in [0.717, 1.165) is 11.1 Å². The molecule has 2 aromatic rings. The van der Waals surface area contributed by atoms with Gasteiger partial charge in [0.2, 0.25) is 0 Å². The summed E-state index contributed by atoms with van der Waals surface area (Å²) in [5, 5.41) is 0.653. The molecule has 4 heteroatoms. The first-order valence-corrected chi connectivity index (χ1v) is 6.34. The topological polar surface area (TPSA) is 35.2 Å². The maximum absolute atomic E-state index is 13.9. The Balaban J connectivity index is 2.25. The lowest BCUT2D eigenvalue weighted by atomic mass is 10.1. The van der Waals surface area contributed by atoms with Crippen molar-refractivity contribution in [1.82, 2.24) is 0 Å². The third-order valence-corrected chi connectivity index (χ3v) is 3.26. The van der Waals surface area contributed by atoms with Crippen LogP contribution in [0.1, 0.15) is 24.1 Å². The summed E-state index contributed by atoms with van der Waals surface area (Å²) < 4.78 is 19.4. The second-order valence-corrected chi connectivity index (χ2v) is 4.90. The fraction of sp³-hybridized carbons (Fsp3) is 0.200. The minimum atomic E-state index is -0.428. The Labute approximate surface area is 117 Å². The van der Waals surface area contributed by atoms with E-state index in [9.17, 15) is 4.39 Å². The maximum atomic E-state index is 13.9. The van der Waals surface area contributed by atoms with Gasteiger partial charge in [-0.3, -0.25) is 0 Å². The van der Waals surface area contributed by atoms with E-state index in [0.29, 0.717) is 10.8 Å². The first-order chi connectivity index (χ1) is 8.97. The highest BCUT2D eigenvalue weighted by Gasteiger charge is 2.09. The zero-order chi connectivity index (χ0) is 14.0. The number of hydrogen-bond donors (Lipinski definition) is 1. The van der Waals surface area contributed by atoms with E-state index in [1.807, 2.05) is 6.92 Å². The van der Waals surface area contributed by atoms with E-state index in [2.05, 4.69) is 0 Å². The van der Waals surface area contributed by atoms with Crippen LogP contribution in [0.5, 0.6) is 11.5 Å². The molecule has 2 nitrogen and oxygen atoms in total. The van der Waals surface area contributed by atoms with Gasteiger partial charge >= 0.3 is 0 Å². The fourth-order valence-corrected chi connectivity index (χ4v) is 1.81. The molecule has 0 unspecified atom stereocenters. The molecule has 0 bridgehead atoms. The average Bonchev–Trinajstić information content (AvgIpc) is 2.36. The van der Waals surface area contributed by atoms with Crippen LogP contribution < -0.4 is 10.5 Å². The Morgan fingerprint density at radius 3 is 2.53 bits per heavy atom. The highest BCUT2D eigenvalue weighted by atomic mass is 35.5. The number of aryl methyl sites for hydroxylation is 1. The molecule has 0 heterocycles. The van der Waals surface area contributed by atoms with E-state index >= 15 is 0 Å². The minimum Gasteiger partial charge on any atom is -0.454 e. The summed E-state index contributed by atoms with van der Waals surface area (Å²) in [6, 6.07) is 9.71. The van der Waals surface area contributed by atoms with Gasteiger partial charge in [-0.25, -0.2) is 4.39 Å². The smallest absolute Gasteiger partial charge is 0.166 e.